The molecule has 0 saturated heterocycles. The first-order chi connectivity index (χ1) is 7.58. The molecular weight excluding hydrogens is 210 g/mol. The van der Waals surface area contributed by atoms with E-state index in [9.17, 15) is 9.59 Å². The number of benzene rings is 1. The van der Waals surface area contributed by atoms with Crippen LogP contribution in [0.1, 0.15) is 5.56 Å². The van der Waals surface area contributed by atoms with E-state index in [0.717, 1.165) is 5.56 Å². The molecule has 0 aliphatic rings. The highest BCUT2D eigenvalue weighted by Gasteiger charge is 2.02. The smallest absolute Gasteiger partial charge is 0.343 e. The number of rotatable bonds is 4. The second-order valence-corrected chi connectivity index (χ2v) is 3.18. The van der Waals surface area contributed by atoms with Crippen molar-refractivity contribution in [3.63, 3.8) is 0 Å². The average Bonchev–Trinajstić information content (AvgIpc) is 2.16. The van der Waals surface area contributed by atoms with Crippen LogP contribution < -0.4 is 16.5 Å². The normalized spacial score (nSPS) is 9.56. The van der Waals surface area contributed by atoms with Crippen LogP contribution in [0.5, 0.6) is 0 Å². The number of hydrogen-bond donors (Lipinski definition) is 3. The third-order valence-electron chi connectivity index (χ3n) is 1.66. The van der Waals surface area contributed by atoms with Gasteiger partial charge in [-0.25, -0.2) is 10.3 Å². The summed E-state index contributed by atoms with van der Waals surface area (Å²) in [6.45, 7) is 1.55. The summed E-state index contributed by atoms with van der Waals surface area (Å²) in [5.41, 5.74) is 8.51. The van der Waals surface area contributed by atoms with Crippen LogP contribution in [0.3, 0.4) is 0 Å². The molecule has 0 fully saturated rings. The summed E-state index contributed by atoms with van der Waals surface area (Å²) in [6, 6.07) is 6.70. The van der Waals surface area contributed by atoms with Crippen molar-refractivity contribution >= 4 is 17.6 Å². The van der Waals surface area contributed by atoms with Crippen molar-refractivity contribution in [2.24, 2.45) is 5.73 Å². The number of nitrogens with two attached hydrogens (primary N) is 1. The first-order valence-corrected chi connectivity index (χ1v) is 4.61. The standard InChI is InChI=1S/C10H13N3O3/c1-7-3-2-4-8(5-7)12-10(15)13-16-6-9(11)14/h2-5H,6H2,1H3,(H2,11,14)(H2,12,13,15). The number of nitrogens with one attached hydrogen (secondary N) is 2. The minimum Gasteiger partial charge on any atom is -0.368 e. The van der Waals surface area contributed by atoms with E-state index < -0.39 is 11.9 Å². The highest BCUT2D eigenvalue weighted by Crippen LogP contribution is 2.08. The van der Waals surface area contributed by atoms with E-state index in [-0.39, 0.29) is 6.61 Å². The van der Waals surface area contributed by atoms with Gasteiger partial charge in [0.15, 0.2) is 6.61 Å². The summed E-state index contributed by atoms with van der Waals surface area (Å²) in [5.74, 6) is -0.657. The lowest BCUT2D eigenvalue weighted by molar-refractivity contribution is -0.124. The van der Waals surface area contributed by atoms with Crippen molar-refractivity contribution in [1.82, 2.24) is 5.48 Å². The Labute approximate surface area is 92.7 Å². The van der Waals surface area contributed by atoms with Crippen molar-refractivity contribution in [1.29, 1.82) is 0 Å². The predicted octanol–water partition coefficient (Wildman–Crippen LogP) is 0.533. The quantitative estimate of drug-likeness (QED) is 0.650. The summed E-state index contributed by atoms with van der Waals surface area (Å²) in [7, 11) is 0. The number of anilines is 1. The van der Waals surface area contributed by atoms with Gasteiger partial charge in [-0.1, -0.05) is 12.1 Å². The van der Waals surface area contributed by atoms with E-state index in [2.05, 4.69) is 10.2 Å². The molecule has 0 aromatic heterocycles. The van der Waals surface area contributed by atoms with Crippen molar-refractivity contribution in [3.05, 3.63) is 29.8 Å². The molecule has 1 aromatic rings. The van der Waals surface area contributed by atoms with Gasteiger partial charge in [-0.05, 0) is 24.6 Å². The van der Waals surface area contributed by atoms with E-state index >= 15 is 0 Å². The zero-order valence-corrected chi connectivity index (χ0v) is 8.82. The molecule has 86 valence electrons. The highest BCUT2D eigenvalue weighted by molar-refractivity contribution is 5.88. The Morgan fingerprint density at radius 3 is 2.81 bits per heavy atom. The van der Waals surface area contributed by atoms with Gasteiger partial charge in [-0.15, -0.1) is 0 Å². The Morgan fingerprint density at radius 2 is 2.19 bits per heavy atom. The zero-order valence-electron chi connectivity index (χ0n) is 8.82. The van der Waals surface area contributed by atoms with Crippen molar-refractivity contribution in [2.45, 2.75) is 6.92 Å². The molecule has 3 amide bonds. The van der Waals surface area contributed by atoms with Crippen LogP contribution in [0, 0.1) is 6.92 Å². The van der Waals surface area contributed by atoms with E-state index in [1.807, 2.05) is 24.5 Å². The fraction of sp³-hybridized carbons (Fsp3) is 0.200. The van der Waals surface area contributed by atoms with Gasteiger partial charge in [0, 0.05) is 5.69 Å². The SMILES string of the molecule is Cc1cccc(NC(=O)NOCC(N)=O)c1. The Morgan fingerprint density at radius 1 is 1.44 bits per heavy atom. The maximum Gasteiger partial charge on any atom is 0.343 e. The molecule has 0 spiro atoms. The number of carbonyl (C=O) groups excluding carboxylic acids is 2. The lowest BCUT2D eigenvalue weighted by atomic mass is 10.2. The Balaban J connectivity index is 2.37. The molecule has 4 N–H and O–H groups in total. The number of amides is 3. The molecule has 0 unspecified atom stereocenters. The summed E-state index contributed by atoms with van der Waals surface area (Å²) < 4.78 is 0. The second-order valence-electron chi connectivity index (χ2n) is 3.18. The van der Waals surface area contributed by atoms with Crippen LogP contribution in [-0.4, -0.2) is 18.5 Å². The van der Waals surface area contributed by atoms with E-state index in [4.69, 9.17) is 5.73 Å². The Bertz CT molecular complexity index is 393. The van der Waals surface area contributed by atoms with Crippen LogP contribution in [0.15, 0.2) is 24.3 Å². The summed E-state index contributed by atoms with van der Waals surface area (Å²) in [5, 5.41) is 2.53. The van der Waals surface area contributed by atoms with Crippen LogP contribution >= 0.6 is 0 Å². The van der Waals surface area contributed by atoms with Gasteiger partial charge < -0.3 is 11.1 Å². The van der Waals surface area contributed by atoms with E-state index in [1.54, 1.807) is 12.1 Å². The molecule has 6 nitrogen and oxygen atoms in total. The molecule has 0 heterocycles. The van der Waals surface area contributed by atoms with Gasteiger partial charge in [0.25, 0.3) is 0 Å². The molecule has 0 atom stereocenters. The van der Waals surface area contributed by atoms with Gasteiger partial charge in [-0.2, -0.15) is 0 Å². The van der Waals surface area contributed by atoms with Crippen LogP contribution in [0.4, 0.5) is 10.5 Å². The lowest BCUT2D eigenvalue weighted by Gasteiger charge is -2.07. The zero-order chi connectivity index (χ0) is 12.0. The second kappa shape index (κ2) is 5.72. The summed E-state index contributed by atoms with van der Waals surface area (Å²) in [6.07, 6.45) is 0. The molecule has 1 aromatic carbocycles. The highest BCUT2D eigenvalue weighted by atomic mass is 16.7. The van der Waals surface area contributed by atoms with Gasteiger partial charge in [0.05, 0.1) is 0 Å². The molecule has 6 heteroatoms. The van der Waals surface area contributed by atoms with Gasteiger partial charge in [0.2, 0.25) is 5.91 Å². The number of hydrogen-bond acceptors (Lipinski definition) is 3. The number of hydroxylamine groups is 1. The van der Waals surface area contributed by atoms with Gasteiger partial charge in [0.1, 0.15) is 0 Å². The first-order valence-electron chi connectivity index (χ1n) is 4.61. The van der Waals surface area contributed by atoms with E-state index in [1.165, 1.54) is 0 Å². The van der Waals surface area contributed by atoms with Crippen LogP contribution in [0.25, 0.3) is 0 Å². The third-order valence-corrected chi connectivity index (χ3v) is 1.66. The van der Waals surface area contributed by atoms with Crippen molar-refractivity contribution in [3.8, 4) is 0 Å². The molecule has 0 bridgehead atoms. The number of carbonyl (C=O) groups is 2. The first kappa shape index (κ1) is 12.0. The van der Waals surface area contributed by atoms with Crippen molar-refractivity contribution in [2.75, 3.05) is 11.9 Å². The molecule has 0 aliphatic heterocycles. The molecule has 0 radical (unpaired) electrons. The number of aryl methyl sites for hydroxylation is 1. The molecular formula is C10H13N3O3. The van der Waals surface area contributed by atoms with Gasteiger partial charge >= 0.3 is 6.03 Å². The molecule has 0 aliphatic carbocycles. The van der Waals surface area contributed by atoms with Crippen LogP contribution in [-0.2, 0) is 9.63 Å². The van der Waals surface area contributed by atoms with Crippen LogP contribution in [0.2, 0.25) is 0 Å². The Kier molecular flexibility index (Phi) is 4.28. The molecule has 16 heavy (non-hydrogen) atoms. The topological polar surface area (TPSA) is 93.4 Å². The third kappa shape index (κ3) is 4.43. The van der Waals surface area contributed by atoms with Crippen molar-refractivity contribution < 1.29 is 14.4 Å². The Hall–Kier alpha value is -2.08. The largest absolute Gasteiger partial charge is 0.368 e. The fourth-order valence-corrected chi connectivity index (χ4v) is 1.05. The van der Waals surface area contributed by atoms with E-state index in [0.29, 0.717) is 5.69 Å². The minimum atomic E-state index is -0.657. The molecule has 0 saturated carbocycles. The maximum atomic E-state index is 11.2. The lowest BCUT2D eigenvalue weighted by Crippen LogP contribution is -2.32. The fourth-order valence-electron chi connectivity index (χ4n) is 1.05. The average molecular weight is 223 g/mol. The predicted molar refractivity (Wildman–Crippen MR) is 58.5 cm³/mol. The summed E-state index contributed by atoms with van der Waals surface area (Å²) >= 11 is 0. The monoisotopic (exact) mass is 223 g/mol. The number of primary amides is 1. The maximum absolute atomic E-state index is 11.2. The summed E-state index contributed by atoms with van der Waals surface area (Å²) in [4.78, 5) is 26.0. The van der Waals surface area contributed by atoms with Gasteiger partial charge in [-0.3, -0.25) is 9.63 Å². The molecule has 1 rings (SSSR count). The number of urea groups is 1. The minimum absolute atomic E-state index is 0.360.